The number of hydrogen-bond donors (Lipinski definition) is 1. The number of halogens is 3. The molecule has 5 nitrogen and oxygen atoms in total. The first-order chi connectivity index (χ1) is 14.3. The van der Waals surface area contributed by atoms with Crippen molar-refractivity contribution < 1.29 is 22.7 Å². The summed E-state index contributed by atoms with van der Waals surface area (Å²) in [5, 5.41) is 11.0. The van der Waals surface area contributed by atoms with Gasteiger partial charge in [-0.1, -0.05) is 42.5 Å². The van der Waals surface area contributed by atoms with Crippen molar-refractivity contribution in [3.8, 4) is 11.8 Å². The molecule has 8 heteroatoms. The number of rotatable bonds is 7. The van der Waals surface area contributed by atoms with E-state index in [-0.39, 0.29) is 32.7 Å². The molecule has 0 aliphatic carbocycles. The Morgan fingerprint density at radius 2 is 1.90 bits per heavy atom. The molecule has 1 unspecified atom stereocenters. The number of benzene rings is 2. The predicted molar refractivity (Wildman–Crippen MR) is 104 cm³/mol. The number of nitrogens with zero attached hydrogens (tertiary/aromatic N) is 2. The number of alkyl halides is 3. The average molecular weight is 417 g/mol. The molecule has 30 heavy (non-hydrogen) atoms. The molecule has 1 aliphatic rings. The standard InChI is InChI=1S/C22H22F3N3O2/c23-22(24,25)21(9-11-28(16-21)15-17-5-2-1-3-6-17)20(29)27-14-18-7-4-8-19(13-18)30-12-10-26/h1-8,13H,9,11-12,14-16H2,(H,27,29). The Bertz CT molecular complexity index is 912. The van der Waals surface area contributed by atoms with E-state index in [1.807, 2.05) is 36.4 Å². The largest absolute Gasteiger partial charge is 0.479 e. The van der Waals surface area contributed by atoms with Crippen LogP contribution in [0.25, 0.3) is 0 Å². The van der Waals surface area contributed by atoms with Crippen LogP contribution in [0.3, 0.4) is 0 Å². The maximum atomic E-state index is 14.0. The number of carbonyl (C=O) groups excluding carboxylic acids is 1. The second kappa shape index (κ2) is 9.18. The highest BCUT2D eigenvalue weighted by atomic mass is 19.4. The van der Waals surface area contributed by atoms with Gasteiger partial charge in [0.25, 0.3) is 0 Å². The lowest BCUT2D eigenvalue weighted by atomic mass is 9.85. The van der Waals surface area contributed by atoms with Crippen LogP contribution in [0.15, 0.2) is 54.6 Å². The normalized spacial score (nSPS) is 19.3. The monoisotopic (exact) mass is 417 g/mol. The van der Waals surface area contributed by atoms with Gasteiger partial charge in [-0.15, -0.1) is 0 Å². The third-order valence-corrected chi connectivity index (χ3v) is 5.23. The molecule has 1 heterocycles. The summed E-state index contributed by atoms with van der Waals surface area (Å²) >= 11 is 0. The summed E-state index contributed by atoms with van der Waals surface area (Å²) in [7, 11) is 0. The van der Waals surface area contributed by atoms with Crippen LogP contribution in [0.2, 0.25) is 0 Å². The first-order valence-electron chi connectivity index (χ1n) is 9.54. The molecule has 1 atom stereocenters. The fraction of sp³-hybridized carbons (Fsp3) is 0.364. The Kier molecular flexibility index (Phi) is 6.63. The van der Waals surface area contributed by atoms with Crippen LogP contribution in [-0.4, -0.2) is 36.7 Å². The Balaban J connectivity index is 1.67. The van der Waals surface area contributed by atoms with Crippen molar-refractivity contribution in [1.82, 2.24) is 10.2 Å². The van der Waals surface area contributed by atoms with Crippen LogP contribution < -0.4 is 10.1 Å². The van der Waals surface area contributed by atoms with Crippen LogP contribution in [0, 0.1) is 16.7 Å². The van der Waals surface area contributed by atoms with E-state index in [4.69, 9.17) is 10.00 Å². The molecule has 1 saturated heterocycles. The zero-order valence-corrected chi connectivity index (χ0v) is 16.3. The maximum Gasteiger partial charge on any atom is 0.404 e. The predicted octanol–water partition coefficient (Wildman–Crippen LogP) is 3.66. The Labute approximate surface area is 173 Å². The van der Waals surface area contributed by atoms with Crippen LogP contribution in [-0.2, 0) is 17.9 Å². The van der Waals surface area contributed by atoms with Crippen LogP contribution in [0.4, 0.5) is 13.2 Å². The van der Waals surface area contributed by atoms with Gasteiger partial charge in [0.1, 0.15) is 11.8 Å². The van der Waals surface area contributed by atoms with Gasteiger partial charge in [0, 0.05) is 19.6 Å². The van der Waals surface area contributed by atoms with E-state index >= 15 is 0 Å². The number of likely N-dealkylation sites (tertiary alicyclic amines) is 1. The molecule has 1 aliphatic heterocycles. The number of hydrogen-bond acceptors (Lipinski definition) is 4. The van der Waals surface area contributed by atoms with Gasteiger partial charge in [-0.2, -0.15) is 18.4 Å². The fourth-order valence-electron chi connectivity index (χ4n) is 3.62. The summed E-state index contributed by atoms with van der Waals surface area (Å²) in [5.74, 6) is -0.599. The third kappa shape index (κ3) is 4.92. The molecule has 1 N–H and O–H groups in total. The minimum atomic E-state index is -4.65. The van der Waals surface area contributed by atoms with E-state index in [1.165, 1.54) is 0 Å². The summed E-state index contributed by atoms with van der Waals surface area (Å²) in [6.07, 6.45) is -4.93. The van der Waals surface area contributed by atoms with Gasteiger partial charge in [0.2, 0.25) is 5.91 Å². The zero-order chi connectivity index (χ0) is 21.6. The van der Waals surface area contributed by atoms with Gasteiger partial charge in [0.05, 0.1) is 0 Å². The molecular weight excluding hydrogens is 395 g/mol. The fourth-order valence-corrected chi connectivity index (χ4v) is 3.62. The van der Waals surface area contributed by atoms with Crippen molar-refractivity contribution in [3.63, 3.8) is 0 Å². The maximum absolute atomic E-state index is 14.0. The second-order valence-corrected chi connectivity index (χ2v) is 7.30. The molecule has 2 aromatic rings. The highest BCUT2D eigenvalue weighted by molar-refractivity contribution is 5.84. The van der Waals surface area contributed by atoms with Crippen molar-refractivity contribution in [2.45, 2.75) is 25.7 Å². The molecule has 3 rings (SSSR count). The molecule has 0 saturated carbocycles. The van der Waals surface area contributed by atoms with E-state index in [1.54, 1.807) is 29.2 Å². The first-order valence-corrected chi connectivity index (χ1v) is 9.54. The topological polar surface area (TPSA) is 65.4 Å². The Morgan fingerprint density at radius 3 is 2.60 bits per heavy atom. The minimum absolute atomic E-state index is 0.0564. The van der Waals surface area contributed by atoms with Crippen LogP contribution in [0.1, 0.15) is 17.5 Å². The van der Waals surface area contributed by atoms with Crippen molar-refractivity contribution in [1.29, 1.82) is 5.26 Å². The SMILES string of the molecule is N#CCOc1cccc(CNC(=O)C2(C(F)(F)F)CCN(Cc3ccccc3)C2)c1. The lowest BCUT2D eigenvalue weighted by Gasteiger charge is -2.30. The van der Waals surface area contributed by atoms with Crippen LogP contribution in [0.5, 0.6) is 5.75 Å². The van der Waals surface area contributed by atoms with Gasteiger partial charge < -0.3 is 10.1 Å². The number of nitrogens with one attached hydrogen (secondary N) is 1. The van der Waals surface area contributed by atoms with Crippen molar-refractivity contribution in [3.05, 3.63) is 65.7 Å². The van der Waals surface area contributed by atoms with E-state index in [2.05, 4.69) is 5.32 Å². The summed E-state index contributed by atoms with van der Waals surface area (Å²) in [4.78, 5) is 14.4. The number of nitriles is 1. The van der Waals surface area contributed by atoms with Gasteiger partial charge >= 0.3 is 6.18 Å². The van der Waals surface area contributed by atoms with Gasteiger partial charge in [-0.05, 0) is 36.2 Å². The van der Waals surface area contributed by atoms with Crippen molar-refractivity contribution >= 4 is 5.91 Å². The Hall–Kier alpha value is -3.05. The lowest BCUT2D eigenvalue weighted by Crippen LogP contribution is -2.52. The highest BCUT2D eigenvalue weighted by Gasteiger charge is 2.62. The summed E-state index contributed by atoms with van der Waals surface area (Å²) in [6, 6.07) is 17.6. The molecule has 158 valence electrons. The number of ether oxygens (including phenoxy) is 1. The first kappa shape index (κ1) is 21.7. The molecule has 0 spiro atoms. The molecule has 0 aromatic heterocycles. The van der Waals surface area contributed by atoms with Gasteiger partial charge in [-0.3, -0.25) is 9.69 Å². The van der Waals surface area contributed by atoms with Crippen LogP contribution >= 0.6 is 0 Å². The Morgan fingerprint density at radius 1 is 1.17 bits per heavy atom. The van der Waals surface area contributed by atoms with Gasteiger partial charge in [0.15, 0.2) is 12.0 Å². The second-order valence-electron chi connectivity index (χ2n) is 7.30. The average Bonchev–Trinajstić information content (AvgIpc) is 3.17. The van der Waals surface area contributed by atoms with Crippen molar-refractivity contribution in [2.24, 2.45) is 5.41 Å². The van der Waals surface area contributed by atoms with Crippen molar-refractivity contribution in [2.75, 3.05) is 19.7 Å². The molecule has 0 bridgehead atoms. The zero-order valence-electron chi connectivity index (χ0n) is 16.3. The van der Waals surface area contributed by atoms with E-state index in [9.17, 15) is 18.0 Å². The highest BCUT2D eigenvalue weighted by Crippen LogP contribution is 2.46. The van der Waals surface area contributed by atoms with E-state index in [0.29, 0.717) is 17.9 Å². The third-order valence-electron chi connectivity index (χ3n) is 5.23. The molecule has 2 aromatic carbocycles. The molecule has 1 amide bonds. The molecule has 0 radical (unpaired) electrons. The lowest BCUT2D eigenvalue weighted by molar-refractivity contribution is -0.218. The molecule has 1 fully saturated rings. The summed E-state index contributed by atoms with van der Waals surface area (Å²) in [6.45, 7) is -0.00453. The van der Waals surface area contributed by atoms with E-state index in [0.717, 1.165) is 5.56 Å². The number of amides is 1. The summed E-state index contributed by atoms with van der Waals surface area (Å²) in [5.41, 5.74) is -0.934. The minimum Gasteiger partial charge on any atom is -0.479 e. The quantitative estimate of drug-likeness (QED) is 0.747. The van der Waals surface area contributed by atoms with Gasteiger partial charge in [-0.25, -0.2) is 0 Å². The number of carbonyl (C=O) groups is 1. The molecular formula is C22H22F3N3O2. The smallest absolute Gasteiger partial charge is 0.404 e. The van der Waals surface area contributed by atoms with E-state index < -0.39 is 17.5 Å². The summed E-state index contributed by atoms with van der Waals surface area (Å²) < 4.78 is 47.1.